The summed E-state index contributed by atoms with van der Waals surface area (Å²) in [6, 6.07) is 14.9. The second-order valence-corrected chi connectivity index (χ2v) is 10.7. The van der Waals surface area contributed by atoms with Crippen molar-refractivity contribution in [2.24, 2.45) is 0 Å². The van der Waals surface area contributed by atoms with Gasteiger partial charge in [0.2, 0.25) is 0 Å². The molecule has 7 heteroatoms. The van der Waals surface area contributed by atoms with Gasteiger partial charge in [-0.2, -0.15) is 0 Å². The number of aryl methyl sites for hydroxylation is 2. The number of carbonyl (C=O) groups is 1. The maximum absolute atomic E-state index is 13.6. The molecule has 200 valence electrons. The Morgan fingerprint density at radius 1 is 1.11 bits per heavy atom. The van der Waals surface area contributed by atoms with E-state index in [2.05, 4.69) is 57.8 Å². The Labute approximate surface area is 224 Å². The number of benzene rings is 2. The number of aromatic amines is 1. The summed E-state index contributed by atoms with van der Waals surface area (Å²) >= 11 is 0. The molecule has 2 aliphatic heterocycles. The van der Waals surface area contributed by atoms with Crippen molar-refractivity contribution in [3.05, 3.63) is 91.9 Å². The molecule has 2 aromatic carbocycles. The van der Waals surface area contributed by atoms with E-state index < -0.39 is 0 Å². The molecule has 0 radical (unpaired) electrons. The van der Waals surface area contributed by atoms with Crippen LogP contribution in [0.1, 0.15) is 70.1 Å². The Morgan fingerprint density at radius 3 is 2.53 bits per heavy atom. The summed E-state index contributed by atoms with van der Waals surface area (Å²) in [6.45, 7) is 10.5. The highest BCUT2D eigenvalue weighted by Crippen LogP contribution is 2.34. The number of carbonyl (C=O) groups excluding carboxylic acids is 1. The van der Waals surface area contributed by atoms with Crippen molar-refractivity contribution in [2.45, 2.75) is 78.7 Å². The summed E-state index contributed by atoms with van der Waals surface area (Å²) < 4.78 is 5.89. The van der Waals surface area contributed by atoms with Crippen LogP contribution in [0.25, 0.3) is 0 Å². The molecule has 1 fully saturated rings. The number of H-pyrrole nitrogens is 1. The Morgan fingerprint density at radius 2 is 1.84 bits per heavy atom. The number of fused-ring (bicyclic) bond motifs is 1. The summed E-state index contributed by atoms with van der Waals surface area (Å²) in [5.74, 6) is -0.179. The number of nitrogens with zero attached hydrogens (tertiary/aromatic N) is 1. The van der Waals surface area contributed by atoms with Gasteiger partial charge in [-0.05, 0) is 80.5 Å². The number of anilines is 2. The minimum atomic E-state index is -0.179. The fourth-order valence-corrected chi connectivity index (χ4v) is 5.66. The number of ether oxygens (including phenoxy) is 1. The number of rotatable bonds is 7. The molecule has 5 rings (SSSR count). The van der Waals surface area contributed by atoms with Crippen LogP contribution in [0, 0.1) is 20.8 Å². The Balaban J connectivity index is 1.44. The lowest BCUT2D eigenvalue weighted by atomic mass is 9.99. The average molecular weight is 515 g/mol. The van der Waals surface area contributed by atoms with Crippen LogP contribution in [0.3, 0.4) is 0 Å². The lowest BCUT2D eigenvalue weighted by Gasteiger charge is -2.31. The monoisotopic (exact) mass is 514 g/mol. The topological polar surface area (TPSA) is 86.5 Å². The van der Waals surface area contributed by atoms with Crippen LogP contribution in [0.15, 0.2) is 47.3 Å². The molecule has 0 saturated carbocycles. The van der Waals surface area contributed by atoms with Crippen molar-refractivity contribution >= 4 is 17.3 Å². The van der Waals surface area contributed by atoms with Gasteiger partial charge in [0.25, 0.3) is 11.5 Å². The van der Waals surface area contributed by atoms with Crippen LogP contribution in [-0.2, 0) is 24.4 Å². The second-order valence-electron chi connectivity index (χ2n) is 10.7. The van der Waals surface area contributed by atoms with Crippen molar-refractivity contribution < 1.29 is 9.53 Å². The van der Waals surface area contributed by atoms with E-state index in [1.165, 1.54) is 11.1 Å². The highest BCUT2D eigenvalue weighted by atomic mass is 16.5. The number of pyridine rings is 1. The van der Waals surface area contributed by atoms with Gasteiger partial charge in [0.1, 0.15) is 0 Å². The van der Waals surface area contributed by atoms with Crippen LogP contribution >= 0.6 is 0 Å². The third kappa shape index (κ3) is 5.48. The predicted molar refractivity (Wildman–Crippen MR) is 152 cm³/mol. The third-order valence-corrected chi connectivity index (χ3v) is 7.94. The zero-order valence-corrected chi connectivity index (χ0v) is 22.8. The van der Waals surface area contributed by atoms with Gasteiger partial charge in [-0.1, -0.05) is 31.2 Å². The fraction of sp³-hybridized carbons (Fsp3) is 0.419. The molecule has 38 heavy (non-hydrogen) atoms. The largest absolute Gasteiger partial charge is 0.382 e. The highest BCUT2D eigenvalue weighted by molar-refractivity contribution is 5.98. The molecule has 3 aromatic rings. The van der Waals surface area contributed by atoms with Gasteiger partial charge in [0.15, 0.2) is 0 Å². The predicted octanol–water partition coefficient (Wildman–Crippen LogP) is 5.12. The van der Waals surface area contributed by atoms with Gasteiger partial charge in [0, 0.05) is 60.5 Å². The molecule has 1 amide bonds. The van der Waals surface area contributed by atoms with Gasteiger partial charge >= 0.3 is 0 Å². The molecule has 0 bridgehead atoms. The van der Waals surface area contributed by atoms with Crippen LogP contribution in [0.2, 0.25) is 0 Å². The molecular formula is C31H38N4O3. The number of hydrogen-bond acceptors (Lipinski definition) is 5. The maximum atomic E-state index is 13.6. The van der Waals surface area contributed by atoms with Crippen molar-refractivity contribution in [3.8, 4) is 0 Å². The first-order valence-electron chi connectivity index (χ1n) is 13.6. The molecule has 1 aromatic heterocycles. The third-order valence-electron chi connectivity index (χ3n) is 7.94. The van der Waals surface area contributed by atoms with Crippen LogP contribution < -0.4 is 21.1 Å². The van der Waals surface area contributed by atoms with E-state index in [0.717, 1.165) is 67.2 Å². The average Bonchev–Trinajstić information content (AvgIpc) is 3.33. The van der Waals surface area contributed by atoms with E-state index >= 15 is 0 Å². The van der Waals surface area contributed by atoms with Gasteiger partial charge in [-0.3, -0.25) is 9.59 Å². The summed E-state index contributed by atoms with van der Waals surface area (Å²) in [5, 5.41) is 6.76. The molecule has 2 aliphatic rings. The number of amides is 1. The van der Waals surface area contributed by atoms with Crippen LogP contribution in [0.4, 0.5) is 11.4 Å². The number of hydrogen-bond donors (Lipinski definition) is 3. The van der Waals surface area contributed by atoms with E-state index in [0.29, 0.717) is 17.2 Å². The first kappa shape index (κ1) is 26.0. The lowest BCUT2D eigenvalue weighted by Crippen LogP contribution is -2.34. The molecule has 0 spiro atoms. The zero-order valence-electron chi connectivity index (χ0n) is 22.8. The van der Waals surface area contributed by atoms with E-state index in [9.17, 15) is 9.59 Å². The smallest absolute Gasteiger partial charge is 0.253 e. The quantitative estimate of drug-likeness (QED) is 0.408. The normalized spacial score (nSPS) is 18.8. The van der Waals surface area contributed by atoms with E-state index in [1.807, 2.05) is 32.9 Å². The van der Waals surface area contributed by atoms with Crippen molar-refractivity contribution in [2.75, 3.05) is 16.8 Å². The Kier molecular flexibility index (Phi) is 7.56. The van der Waals surface area contributed by atoms with Crippen molar-refractivity contribution in [1.29, 1.82) is 0 Å². The molecule has 3 N–H and O–H groups in total. The minimum absolute atomic E-state index is 0.157. The first-order chi connectivity index (χ1) is 18.3. The second kappa shape index (κ2) is 11.0. The number of aromatic nitrogens is 1. The zero-order chi connectivity index (χ0) is 26.8. The molecule has 3 heterocycles. The van der Waals surface area contributed by atoms with E-state index in [-0.39, 0.29) is 24.1 Å². The highest BCUT2D eigenvalue weighted by Gasteiger charge is 2.25. The van der Waals surface area contributed by atoms with Gasteiger partial charge in [0.05, 0.1) is 6.10 Å². The van der Waals surface area contributed by atoms with Gasteiger partial charge < -0.3 is 25.3 Å². The Hall–Kier alpha value is -3.58. The van der Waals surface area contributed by atoms with Gasteiger partial charge in [-0.25, -0.2) is 0 Å². The Bertz CT molecular complexity index is 1370. The van der Waals surface area contributed by atoms with E-state index in [4.69, 9.17) is 4.74 Å². The fourth-order valence-electron chi connectivity index (χ4n) is 5.66. The first-order valence-corrected chi connectivity index (χ1v) is 13.6. The maximum Gasteiger partial charge on any atom is 0.253 e. The summed E-state index contributed by atoms with van der Waals surface area (Å²) in [7, 11) is 0. The SMILES string of the molecule is CCC1CC(Nc2cc(N3Cc4ccccc4C3)cc(C(=O)NCc3c(C)cc(C)[nH]c3=O)c2C)CCO1. The van der Waals surface area contributed by atoms with Crippen molar-refractivity contribution in [3.63, 3.8) is 0 Å². The lowest BCUT2D eigenvalue weighted by molar-refractivity contribution is 0.00924. The van der Waals surface area contributed by atoms with Crippen LogP contribution in [0.5, 0.6) is 0 Å². The number of nitrogens with one attached hydrogen (secondary N) is 3. The van der Waals surface area contributed by atoms with Gasteiger partial charge in [-0.15, -0.1) is 0 Å². The molecular weight excluding hydrogens is 476 g/mol. The summed E-state index contributed by atoms with van der Waals surface area (Å²) in [6.07, 6.45) is 3.14. The minimum Gasteiger partial charge on any atom is -0.382 e. The standard InChI is InChI=1S/C31H38N4O3/c1-5-26-13-24(10-11-38-26)34-29-15-25(35-17-22-8-6-7-9-23(22)18-35)14-27(21(29)4)30(36)32-16-28-19(2)12-20(3)33-31(28)37/h6-9,12,14-15,24,26,34H,5,10-11,13,16-18H2,1-4H3,(H,32,36)(H,33,37). The molecule has 1 saturated heterocycles. The molecule has 2 atom stereocenters. The molecule has 2 unspecified atom stereocenters. The summed E-state index contributed by atoms with van der Waals surface area (Å²) in [4.78, 5) is 31.2. The van der Waals surface area contributed by atoms with Crippen LogP contribution in [-0.4, -0.2) is 29.6 Å². The molecule has 7 nitrogen and oxygen atoms in total. The van der Waals surface area contributed by atoms with E-state index in [1.54, 1.807) is 0 Å². The molecule has 0 aliphatic carbocycles. The van der Waals surface area contributed by atoms with Crippen molar-refractivity contribution in [1.82, 2.24) is 10.3 Å². The summed E-state index contributed by atoms with van der Waals surface area (Å²) in [5.41, 5.74) is 8.28.